The number of benzene rings is 1. The summed E-state index contributed by atoms with van der Waals surface area (Å²) in [6.45, 7) is -0.483. The van der Waals surface area contributed by atoms with Crippen molar-refractivity contribution in [3.05, 3.63) is 81.2 Å². The molecule has 0 fully saturated rings. The molecule has 166 valence electrons. The number of pyridine rings is 2. The molecule has 0 aliphatic heterocycles. The molecule has 2 aromatic heterocycles. The van der Waals surface area contributed by atoms with Gasteiger partial charge in [-0.05, 0) is 29.8 Å². The van der Waals surface area contributed by atoms with E-state index in [1.165, 1.54) is 24.3 Å². The Labute approximate surface area is 175 Å². The molecular formula is C20H11F7N4O. The number of nitrogens with zero attached hydrogens (tertiary/aromatic N) is 2. The number of hydrogen-bond acceptors (Lipinski definition) is 4. The summed E-state index contributed by atoms with van der Waals surface area (Å²) < 4.78 is 92.3. The molecule has 0 saturated heterocycles. The van der Waals surface area contributed by atoms with Crippen molar-refractivity contribution < 1.29 is 30.7 Å². The van der Waals surface area contributed by atoms with Gasteiger partial charge in [0, 0.05) is 17.3 Å². The number of aromatic amines is 1. The van der Waals surface area contributed by atoms with E-state index in [-0.39, 0.29) is 11.8 Å². The van der Waals surface area contributed by atoms with Crippen molar-refractivity contribution in [2.75, 3.05) is 5.32 Å². The summed E-state index contributed by atoms with van der Waals surface area (Å²) in [4.78, 5) is 17.3. The topological polar surface area (TPSA) is 81.6 Å². The highest BCUT2D eigenvalue weighted by molar-refractivity contribution is 5.66. The van der Waals surface area contributed by atoms with E-state index in [4.69, 9.17) is 5.26 Å². The van der Waals surface area contributed by atoms with E-state index < -0.39 is 52.9 Å². The number of rotatable bonds is 4. The zero-order valence-electron chi connectivity index (χ0n) is 15.7. The number of nitrogens with one attached hydrogen (secondary N) is 2. The Kier molecular flexibility index (Phi) is 5.94. The van der Waals surface area contributed by atoms with Crippen molar-refractivity contribution in [2.24, 2.45) is 0 Å². The van der Waals surface area contributed by atoms with Gasteiger partial charge < -0.3 is 10.3 Å². The van der Waals surface area contributed by atoms with Crippen LogP contribution in [0.4, 0.5) is 36.6 Å². The van der Waals surface area contributed by atoms with Crippen LogP contribution in [0.1, 0.15) is 22.5 Å². The molecule has 0 unspecified atom stereocenters. The van der Waals surface area contributed by atoms with Crippen LogP contribution in [0.25, 0.3) is 11.1 Å². The molecule has 0 aliphatic carbocycles. The van der Waals surface area contributed by atoms with Crippen molar-refractivity contribution in [1.29, 1.82) is 5.26 Å². The molecule has 0 aliphatic rings. The van der Waals surface area contributed by atoms with Gasteiger partial charge in [0.1, 0.15) is 29.0 Å². The molecule has 12 heteroatoms. The normalized spacial score (nSPS) is 11.8. The summed E-state index contributed by atoms with van der Waals surface area (Å²) in [5, 5.41) is 11.4. The lowest BCUT2D eigenvalue weighted by molar-refractivity contribution is -0.145. The van der Waals surface area contributed by atoms with E-state index in [1.54, 1.807) is 0 Å². The monoisotopic (exact) mass is 456 g/mol. The third-order valence-electron chi connectivity index (χ3n) is 4.32. The fourth-order valence-electron chi connectivity index (χ4n) is 2.88. The Morgan fingerprint density at radius 2 is 1.66 bits per heavy atom. The molecule has 0 atom stereocenters. The molecule has 2 N–H and O–H groups in total. The van der Waals surface area contributed by atoms with Crippen LogP contribution >= 0.6 is 0 Å². The highest BCUT2D eigenvalue weighted by Crippen LogP contribution is 2.38. The van der Waals surface area contributed by atoms with E-state index >= 15 is 0 Å². The smallest absolute Gasteiger partial charge is 0.363 e. The average molecular weight is 456 g/mol. The van der Waals surface area contributed by atoms with Crippen molar-refractivity contribution in [2.45, 2.75) is 18.9 Å². The number of aromatic nitrogens is 2. The van der Waals surface area contributed by atoms with Gasteiger partial charge in [0.2, 0.25) is 5.56 Å². The first kappa shape index (κ1) is 22.8. The van der Waals surface area contributed by atoms with Crippen molar-refractivity contribution in [3.8, 4) is 17.2 Å². The van der Waals surface area contributed by atoms with Crippen LogP contribution in [0.5, 0.6) is 0 Å². The van der Waals surface area contributed by atoms with Gasteiger partial charge in [-0.15, -0.1) is 0 Å². The zero-order chi connectivity index (χ0) is 23.7. The van der Waals surface area contributed by atoms with Crippen molar-refractivity contribution in [1.82, 2.24) is 9.97 Å². The van der Waals surface area contributed by atoms with E-state index in [0.717, 1.165) is 18.2 Å². The largest absolute Gasteiger partial charge is 0.433 e. The summed E-state index contributed by atoms with van der Waals surface area (Å²) in [5.41, 5.74) is -4.54. The third kappa shape index (κ3) is 4.88. The Morgan fingerprint density at radius 1 is 1.00 bits per heavy atom. The van der Waals surface area contributed by atoms with Gasteiger partial charge in [-0.3, -0.25) is 4.79 Å². The van der Waals surface area contributed by atoms with Gasteiger partial charge in [0.15, 0.2) is 0 Å². The predicted octanol–water partition coefficient (Wildman–Crippen LogP) is 5.10. The predicted molar refractivity (Wildman–Crippen MR) is 98.7 cm³/mol. The molecule has 0 bridgehead atoms. The van der Waals surface area contributed by atoms with Gasteiger partial charge in [0.05, 0.1) is 12.1 Å². The number of alkyl halides is 6. The molecule has 0 spiro atoms. The third-order valence-corrected chi connectivity index (χ3v) is 4.32. The van der Waals surface area contributed by atoms with Gasteiger partial charge in [-0.2, -0.15) is 31.6 Å². The second kappa shape index (κ2) is 8.33. The summed E-state index contributed by atoms with van der Waals surface area (Å²) in [6, 6.07) is 8.50. The number of anilines is 1. The molecule has 3 aromatic rings. The van der Waals surface area contributed by atoms with E-state index in [2.05, 4.69) is 15.3 Å². The SMILES string of the molecule is N#Cc1c(C(F)(F)F)cc(C(F)(F)F)nc1NCc1[nH]c(=O)ccc1-c1ccc(F)cc1. The molecule has 3 rings (SSSR count). The maximum Gasteiger partial charge on any atom is 0.433 e. The minimum atomic E-state index is -5.25. The first-order chi connectivity index (χ1) is 14.9. The maximum absolute atomic E-state index is 13.3. The quantitative estimate of drug-likeness (QED) is 0.536. The van der Waals surface area contributed by atoms with Crippen LogP contribution in [-0.2, 0) is 18.9 Å². The minimum absolute atomic E-state index is 0.0702. The number of nitriles is 1. The van der Waals surface area contributed by atoms with E-state index in [9.17, 15) is 35.5 Å². The molecule has 0 amide bonds. The van der Waals surface area contributed by atoms with E-state index in [1.807, 2.05) is 0 Å². The molecule has 0 radical (unpaired) electrons. The fraction of sp³-hybridized carbons (Fsp3) is 0.150. The van der Waals surface area contributed by atoms with Crippen LogP contribution in [0, 0.1) is 17.1 Å². The van der Waals surface area contributed by atoms with Crippen LogP contribution in [-0.4, -0.2) is 9.97 Å². The Balaban J connectivity index is 2.07. The van der Waals surface area contributed by atoms with Gasteiger partial charge in [0.25, 0.3) is 0 Å². The number of H-pyrrole nitrogens is 1. The number of halogens is 7. The summed E-state index contributed by atoms with van der Waals surface area (Å²) in [7, 11) is 0. The van der Waals surface area contributed by atoms with Crippen molar-refractivity contribution >= 4 is 5.82 Å². The lowest BCUT2D eigenvalue weighted by Crippen LogP contribution is -2.18. The minimum Gasteiger partial charge on any atom is -0.363 e. The standard InChI is InChI=1S/C20H11F7N4O/c21-11-3-1-10(2-4-11)12-5-6-17(32)30-15(12)9-29-18-13(8-28)14(19(22,23)24)7-16(31-18)20(25,26)27/h1-7H,9H2,(H,29,31)(H,30,32). The Hall–Kier alpha value is -3.88. The molecule has 32 heavy (non-hydrogen) atoms. The van der Waals surface area contributed by atoms with Gasteiger partial charge in [-0.1, -0.05) is 12.1 Å². The van der Waals surface area contributed by atoms with Crippen LogP contribution < -0.4 is 10.9 Å². The fourth-order valence-corrected chi connectivity index (χ4v) is 2.88. The first-order valence-corrected chi connectivity index (χ1v) is 8.71. The lowest BCUT2D eigenvalue weighted by Gasteiger charge is -2.17. The van der Waals surface area contributed by atoms with Crippen molar-refractivity contribution in [3.63, 3.8) is 0 Å². The van der Waals surface area contributed by atoms with Gasteiger partial charge in [-0.25, -0.2) is 9.37 Å². The highest BCUT2D eigenvalue weighted by atomic mass is 19.4. The maximum atomic E-state index is 13.3. The van der Waals surface area contributed by atoms with Crippen LogP contribution in [0.3, 0.4) is 0 Å². The summed E-state index contributed by atoms with van der Waals surface area (Å²) in [5.74, 6) is -1.49. The van der Waals surface area contributed by atoms with Crippen LogP contribution in [0.2, 0.25) is 0 Å². The molecule has 5 nitrogen and oxygen atoms in total. The summed E-state index contributed by atoms with van der Waals surface area (Å²) in [6.07, 6.45) is -10.4. The highest BCUT2D eigenvalue weighted by Gasteiger charge is 2.41. The second-order valence-corrected chi connectivity index (χ2v) is 6.46. The molecular weight excluding hydrogens is 445 g/mol. The summed E-state index contributed by atoms with van der Waals surface area (Å²) >= 11 is 0. The lowest BCUT2D eigenvalue weighted by atomic mass is 10.0. The Bertz CT molecular complexity index is 1240. The van der Waals surface area contributed by atoms with Crippen LogP contribution in [0.15, 0.2) is 47.3 Å². The first-order valence-electron chi connectivity index (χ1n) is 8.71. The molecule has 1 aromatic carbocycles. The van der Waals surface area contributed by atoms with Gasteiger partial charge >= 0.3 is 12.4 Å². The zero-order valence-corrected chi connectivity index (χ0v) is 15.7. The second-order valence-electron chi connectivity index (χ2n) is 6.46. The Morgan fingerprint density at radius 3 is 2.22 bits per heavy atom. The molecule has 0 saturated carbocycles. The average Bonchev–Trinajstić information content (AvgIpc) is 2.71. The number of hydrogen-bond donors (Lipinski definition) is 2. The van der Waals surface area contributed by atoms with E-state index in [0.29, 0.717) is 11.1 Å². The molecule has 2 heterocycles.